The van der Waals surface area contributed by atoms with Crippen molar-refractivity contribution in [3.63, 3.8) is 0 Å². The smallest absolute Gasteiger partial charge is 0.335 e. The molecule has 1 N–H and O–H groups in total. The van der Waals surface area contributed by atoms with Crippen LogP contribution in [0.3, 0.4) is 0 Å². The fourth-order valence-corrected chi connectivity index (χ4v) is 5.37. The second kappa shape index (κ2) is 8.75. The summed E-state index contributed by atoms with van der Waals surface area (Å²) in [7, 11) is 0. The topological polar surface area (TPSA) is 69.7 Å². The van der Waals surface area contributed by atoms with E-state index >= 15 is 0 Å². The first kappa shape index (κ1) is 24.3. The first-order valence-electron chi connectivity index (χ1n) is 11.2. The molecule has 6 nitrogen and oxygen atoms in total. The van der Waals surface area contributed by atoms with E-state index in [0.717, 1.165) is 29.0 Å². The summed E-state index contributed by atoms with van der Waals surface area (Å²) in [6.45, 7) is 11.7. The van der Waals surface area contributed by atoms with Gasteiger partial charge in [0.1, 0.15) is 5.57 Å². The number of aryl methyl sites for hydroxylation is 1. The van der Waals surface area contributed by atoms with Crippen molar-refractivity contribution in [2.75, 3.05) is 16.3 Å². The molecule has 2 aromatic rings. The lowest BCUT2D eigenvalue weighted by molar-refractivity contribution is -0.122. The second-order valence-electron chi connectivity index (χ2n) is 9.49. The average molecular weight is 500 g/mol. The van der Waals surface area contributed by atoms with E-state index in [0.29, 0.717) is 10.9 Å². The number of hydrogen-bond acceptors (Lipinski definition) is 4. The zero-order chi connectivity index (χ0) is 24.9. The molecule has 34 heavy (non-hydrogen) atoms. The molecule has 2 heterocycles. The number of nitrogens with one attached hydrogen (secondary N) is 1. The van der Waals surface area contributed by atoms with Gasteiger partial charge in [-0.05, 0) is 93.1 Å². The predicted octanol–water partition coefficient (Wildman–Crippen LogP) is 6.08. The van der Waals surface area contributed by atoms with Crippen molar-refractivity contribution in [1.82, 2.24) is 5.32 Å². The van der Waals surface area contributed by atoms with E-state index in [9.17, 15) is 14.4 Å². The Morgan fingerprint density at radius 2 is 1.82 bits per heavy atom. The molecule has 2 aliphatic heterocycles. The Balaban J connectivity index is 1.78. The summed E-state index contributed by atoms with van der Waals surface area (Å²) < 4.78 is 0. The van der Waals surface area contributed by atoms with Gasteiger partial charge in [0.15, 0.2) is 0 Å². The fraction of sp³-hybridized carbons (Fsp3) is 0.346. The van der Waals surface area contributed by atoms with Gasteiger partial charge in [-0.3, -0.25) is 14.9 Å². The first-order valence-corrected chi connectivity index (χ1v) is 12.0. The van der Waals surface area contributed by atoms with Gasteiger partial charge in [0.05, 0.1) is 15.7 Å². The molecule has 0 unspecified atom stereocenters. The van der Waals surface area contributed by atoms with Crippen molar-refractivity contribution in [3.8, 4) is 0 Å². The molecule has 1 saturated heterocycles. The third kappa shape index (κ3) is 4.10. The van der Waals surface area contributed by atoms with Crippen LogP contribution in [-0.4, -0.2) is 29.9 Å². The van der Waals surface area contributed by atoms with Crippen molar-refractivity contribution < 1.29 is 14.4 Å². The van der Waals surface area contributed by atoms with Crippen LogP contribution in [0.4, 0.5) is 16.2 Å². The lowest BCUT2D eigenvalue weighted by Gasteiger charge is -2.47. The summed E-state index contributed by atoms with van der Waals surface area (Å²) in [5, 5.41) is 2.75. The highest BCUT2D eigenvalue weighted by molar-refractivity contribution is 6.43. The quantitative estimate of drug-likeness (QED) is 0.410. The highest BCUT2D eigenvalue weighted by Crippen LogP contribution is 2.44. The van der Waals surface area contributed by atoms with Crippen molar-refractivity contribution in [2.24, 2.45) is 0 Å². The molecule has 0 radical (unpaired) electrons. The minimum absolute atomic E-state index is 0.0352. The number of benzene rings is 2. The minimum atomic E-state index is -0.831. The molecule has 0 saturated carbocycles. The van der Waals surface area contributed by atoms with Crippen LogP contribution in [0, 0.1) is 6.92 Å². The Hall–Kier alpha value is -2.83. The van der Waals surface area contributed by atoms with Crippen molar-refractivity contribution in [3.05, 3.63) is 62.6 Å². The molecule has 2 aliphatic rings. The van der Waals surface area contributed by atoms with E-state index in [1.54, 1.807) is 6.08 Å². The molecule has 0 bridgehead atoms. The Labute approximate surface area is 209 Å². The maximum atomic E-state index is 13.3. The van der Waals surface area contributed by atoms with Gasteiger partial charge in [-0.25, -0.2) is 9.69 Å². The van der Waals surface area contributed by atoms with Gasteiger partial charge in [-0.1, -0.05) is 30.1 Å². The minimum Gasteiger partial charge on any atom is -0.366 e. The Morgan fingerprint density at radius 3 is 2.47 bits per heavy atom. The molecule has 2 aromatic carbocycles. The van der Waals surface area contributed by atoms with Crippen LogP contribution in [0.15, 0.2) is 35.9 Å². The molecule has 0 aliphatic carbocycles. The van der Waals surface area contributed by atoms with Crippen LogP contribution in [0.5, 0.6) is 0 Å². The third-order valence-corrected chi connectivity index (χ3v) is 7.39. The van der Waals surface area contributed by atoms with E-state index in [1.165, 1.54) is 29.4 Å². The summed E-state index contributed by atoms with van der Waals surface area (Å²) in [4.78, 5) is 41.7. The van der Waals surface area contributed by atoms with Gasteiger partial charge in [-0.2, -0.15) is 0 Å². The number of imide groups is 2. The van der Waals surface area contributed by atoms with Gasteiger partial charge in [-0.15, -0.1) is 0 Å². The second-order valence-corrected chi connectivity index (χ2v) is 10.3. The van der Waals surface area contributed by atoms with E-state index in [4.69, 9.17) is 23.2 Å². The number of nitrogens with zero attached hydrogens (tertiary/aromatic N) is 2. The maximum absolute atomic E-state index is 13.3. The molecular weight excluding hydrogens is 473 g/mol. The molecule has 1 fully saturated rings. The zero-order valence-corrected chi connectivity index (χ0v) is 21.3. The zero-order valence-electron chi connectivity index (χ0n) is 19.8. The van der Waals surface area contributed by atoms with Crippen molar-refractivity contribution in [1.29, 1.82) is 0 Å². The molecule has 1 atom stereocenters. The standard InChI is InChI=1S/C26H27Cl2N3O3/c1-6-30-22-9-14(2)16(10-18(22)15(3)13-26(30,4)5)11-19-23(32)29-25(34)31(24(19)33)17-7-8-20(27)21(28)12-17/h7-12,15H,6,13H2,1-5H3,(H,29,32,34)/b19-11+/t15-/m1/s1. The van der Waals surface area contributed by atoms with Gasteiger partial charge in [0, 0.05) is 17.8 Å². The molecule has 0 aromatic heterocycles. The number of urea groups is 1. The average Bonchev–Trinajstić information content (AvgIpc) is 2.73. The SMILES string of the molecule is CCN1c2cc(C)c(/C=C3\C(=O)NC(=O)N(c4ccc(Cl)c(Cl)c4)C3=O)cc2[C@H](C)CC1(C)C. The van der Waals surface area contributed by atoms with Crippen LogP contribution in [0.25, 0.3) is 6.08 Å². The maximum Gasteiger partial charge on any atom is 0.335 e. The fourth-order valence-electron chi connectivity index (χ4n) is 5.08. The normalized spacial score (nSPS) is 21.1. The van der Waals surface area contributed by atoms with Crippen LogP contribution in [0.1, 0.15) is 56.7 Å². The predicted molar refractivity (Wildman–Crippen MR) is 137 cm³/mol. The van der Waals surface area contributed by atoms with E-state index in [1.807, 2.05) is 6.92 Å². The molecular formula is C26H27Cl2N3O3. The van der Waals surface area contributed by atoms with Crippen LogP contribution >= 0.6 is 23.2 Å². The van der Waals surface area contributed by atoms with Crippen LogP contribution in [-0.2, 0) is 9.59 Å². The van der Waals surface area contributed by atoms with Gasteiger partial charge in [0.25, 0.3) is 11.8 Å². The number of carbonyl (C=O) groups is 3. The number of rotatable bonds is 3. The molecule has 4 amide bonds. The Morgan fingerprint density at radius 1 is 1.12 bits per heavy atom. The number of fused-ring (bicyclic) bond motifs is 1. The summed E-state index contributed by atoms with van der Waals surface area (Å²) in [5.41, 5.74) is 4.21. The Kier molecular flexibility index (Phi) is 6.25. The highest BCUT2D eigenvalue weighted by Gasteiger charge is 2.38. The van der Waals surface area contributed by atoms with Crippen LogP contribution in [0.2, 0.25) is 10.0 Å². The first-order chi connectivity index (χ1) is 15.9. The number of anilines is 2. The summed E-state index contributed by atoms with van der Waals surface area (Å²) >= 11 is 12.1. The highest BCUT2D eigenvalue weighted by atomic mass is 35.5. The molecule has 178 valence electrons. The number of amides is 4. The van der Waals surface area contributed by atoms with Gasteiger partial charge >= 0.3 is 6.03 Å². The number of hydrogen-bond donors (Lipinski definition) is 1. The lowest BCUT2D eigenvalue weighted by atomic mass is 9.79. The molecule has 4 rings (SSSR count). The van der Waals surface area contributed by atoms with E-state index < -0.39 is 17.8 Å². The van der Waals surface area contributed by atoms with Crippen molar-refractivity contribution in [2.45, 2.75) is 52.5 Å². The summed E-state index contributed by atoms with van der Waals surface area (Å²) in [6, 6.07) is 7.77. The molecule has 8 heteroatoms. The third-order valence-electron chi connectivity index (χ3n) is 6.65. The van der Waals surface area contributed by atoms with Gasteiger partial charge in [0.2, 0.25) is 0 Å². The van der Waals surface area contributed by atoms with Crippen LogP contribution < -0.4 is 15.1 Å². The number of halogens is 2. The summed E-state index contributed by atoms with van der Waals surface area (Å²) in [5.74, 6) is -1.13. The van der Waals surface area contributed by atoms with Crippen molar-refractivity contribution >= 4 is 58.5 Å². The van der Waals surface area contributed by atoms with E-state index in [2.05, 4.69) is 50.0 Å². The monoisotopic (exact) mass is 499 g/mol. The Bertz CT molecular complexity index is 1250. The van der Waals surface area contributed by atoms with Gasteiger partial charge < -0.3 is 4.90 Å². The van der Waals surface area contributed by atoms with E-state index in [-0.39, 0.29) is 21.8 Å². The number of carbonyl (C=O) groups excluding carboxylic acids is 3. The largest absolute Gasteiger partial charge is 0.366 e. The lowest BCUT2D eigenvalue weighted by Crippen LogP contribution is -2.54. The molecule has 0 spiro atoms. The summed E-state index contributed by atoms with van der Waals surface area (Å²) in [6.07, 6.45) is 2.55. The number of barbiturate groups is 1.